The van der Waals surface area contributed by atoms with Gasteiger partial charge in [-0.2, -0.15) is 0 Å². The van der Waals surface area contributed by atoms with Gasteiger partial charge in [-0.3, -0.25) is 0 Å². The normalized spacial score (nSPS) is 15.3. The first-order chi connectivity index (χ1) is 11.7. The van der Waals surface area contributed by atoms with E-state index >= 15 is 0 Å². The first-order valence-corrected chi connectivity index (χ1v) is 12.6. The second-order valence-corrected chi connectivity index (χ2v) is 11.3. The van der Waals surface area contributed by atoms with E-state index in [0.717, 1.165) is 24.4 Å². The summed E-state index contributed by atoms with van der Waals surface area (Å²) in [6.45, 7) is 4.20. The van der Waals surface area contributed by atoms with E-state index in [9.17, 15) is 0 Å². The zero-order chi connectivity index (χ0) is 16.8. The zero-order valence-electron chi connectivity index (χ0n) is 14.9. The Balaban J connectivity index is 0.00000225. The number of halogens is 1. The van der Waals surface area contributed by atoms with Crippen molar-refractivity contribution in [1.29, 1.82) is 0 Å². The summed E-state index contributed by atoms with van der Waals surface area (Å²) in [5.41, 5.74) is 3.31. The van der Waals surface area contributed by atoms with E-state index in [2.05, 4.69) is 62.4 Å². The van der Waals surface area contributed by atoms with Gasteiger partial charge in [-0.1, -0.05) is 0 Å². The van der Waals surface area contributed by atoms with Gasteiger partial charge in [-0.25, -0.2) is 0 Å². The Morgan fingerprint density at radius 3 is 1.64 bits per heavy atom. The van der Waals surface area contributed by atoms with E-state index in [4.69, 9.17) is 7.58 Å². The fourth-order valence-electron chi connectivity index (χ4n) is 2.78. The summed E-state index contributed by atoms with van der Waals surface area (Å²) in [7, 11) is 0.799. The zero-order valence-corrected chi connectivity index (χ0v) is 18.0. The average Bonchev–Trinajstić information content (AvgIpc) is 2.60. The molecule has 0 N–H and O–H groups in total. The van der Waals surface area contributed by atoms with Crippen LogP contribution in [0.1, 0.15) is 43.2 Å². The third kappa shape index (κ3) is 6.84. The van der Waals surface area contributed by atoms with Crippen LogP contribution in [-0.2, 0) is 14.4 Å². The molecule has 1 aliphatic rings. The topological polar surface area (TPSA) is 18.5 Å². The van der Waals surface area contributed by atoms with Crippen LogP contribution in [0.2, 0.25) is 0 Å². The molecule has 1 unspecified atom stereocenters. The smallest absolute Gasteiger partial charge is 0.147 e. The summed E-state index contributed by atoms with van der Waals surface area (Å²) >= 11 is -1.61. The minimum absolute atomic E-state index is 0. The minimum Gasteiger partial charge on any atom is -0.147 e. The molecule has 3 rings (SSSR count). The van der Waals surface area contributed by atoms with Gasteiger partial charge in [0.1, 0.15) is 0 Å². The number of rotatable bonds is 6. The summed E-state index contributed by atoms with van der Waals surface area (Å²) in [6, 6.07) is 16.7. The maximum atomic E-state index is 6.32. The maximum Gasteiger partial charge on any atom is -0.147 e. The molecule has 25 heavy (non-hydrogen) atoms. The van der Waals surface area contributed by atoms with Crippen molar-refractivity contribution in [3.8, 4) is 11.5 Å². The van der Waals surface area contributed by atoms with Crippen molar-refractivity contribution in [3.05, 3.63) is 59.7 Å². The third-order valence-electron chi connectivity index (χ3n) is 4.25. The van der Waals surface area contributed by atoms with Crippen molar-refractivity contribution >= 4 is 19.6 Å². The van der Waals surface area contributed by atoms with Crippen LogP contribution in [-0.4, -0.2) is 5.66 Å². The largest absolute Gasteiger partial charge is 0.147 e. The van der Waals surface area contributed by atoms with Gasteiger partial charge in [-0.15, -0.1) is 12.4 Å². The monoisotopic (exact) mass is 417 g/mol. The van der Waals surface area contributed by atoms with E-state index in [-0.39, 0.29) is 12.4 Å². The molecule has 0 aliphatic heterocycles. The van der Waals surface area contributed by atoms with Gasteiger partial charge in [0.15, 0.2) is 0 Å². The molecule has 1 fully saturated rings. The number of aryl methyl sites for hydroxylation is 2. The van der Waals surface area contributed by atoms with Gasteiger partial charge >= 0.3 is 152 Å². The molecular weight excluding hydrogens is 391 g/mol. The maximum absolute atomic E-state index is 6.32. The van der Waals surface area contributed by atoms with Crippen LogP contribution in [0.5, 0.6) is 11.5 Å². The summed E-state index contributed by atoms with van der Waals surface area (Å²) in [4.78, 5) is 0. The van der Waals surface area contributed by atoms with E-state index in [0.29, 0.717) is 0 Å². The molecular formula is C20H27ClCrO2P. The van der Waals surface area contributed by atoms with Crippen molar-refractivity contribution in [2.45, 2.75) is 51.6 Å². The Morgan fingerprint density at radius 2 is 1.20 bits per heavy atom. The van der Waals surface area contributed by atoms with Gasteiger partial charge in [0, 0.05) is 0 Å². The molecule has 1 atom stereocenters. The Labute approximate surface area is 164 Å². The fraction of sp³-hybridized carbons (Fsp3) is 0.400. The predicted molar refractivity (Wildman–Crippen MR) is 106 cm³/mol. The molecule has 2 aromatic rings. The Kier molecular flexibility index (Phi) is 8.61. The molecule has 0 heterocycles. The van der Waals surface area contributed by atoms with Crippen LogP contribution in [0.15, 0.2) is 48.5 Å². The van der Waals surface area contributed by atoms with Crippen molar-refractivity contribution in [2.75, 3.05) is 0 Å². The average molecular weight is 418 g/mol. The van der Waals surface area contributed by atoms with E-state index in [1.54, 1.807) is 0 Å². The van der Waals surface area contributed by atoms with Gasteiger partial charge in [0.2, 0.25) is 0 Å². The molecule has 1 aliphatic carbocycles. The van der Waals surface area contributed by atoms with Crippen LogP contribution in [0.3, 0.4) is 0 Å². The summed E-state index contributed by atoms with van der Waals surface area (Å²) in [6.07, 6.45) is 6.81. The van der Waals surface area contributed by atoms with Crippen molar-refractivity contribution in [2.24, 2.45) is 0 Å². The van der Waals surface area contributed by atoms with E-state index in [1.165, 1.54) is 43.2 Å². The van der Waals surface area contributed by atoms with E-state index in [1.807, 2.05) is 0 Å². The molecule has 1 saturated carbocycles. The summed E-state index contributed by atoms with van der Waals surface area (Å²) < 4.78 is 12.6. The Hall–Kier alpha value is -0.708. The number of hydrogen-bond donors (Lipinski definition) is 0. The number of hydrogen-bond acceptors (Lipinski definition) is 2. The second-order valence-electron chi connectivity index (χ2n) is 6.48. The SMILES string of the molecule is Cc1ccc([O][Cr]([O]c2ccc(C)cc2)[PH]C2CCCCC2)cc1.Cl. The van der Waals surface area contributed by atoms with Crippen LogP contribution in [0.25, 0.3) is 0 Å². The van der Waals surface area contributed by atoms with Crippen LogP contribution >= 0.6 is 19.6 Å². The van der Waals surface area contributed by atoms with Gasteiger partial charge in [0.05, 0.1) is 0 Å². The van der Waals surface area contributed by atoms with Crippen LogP contribution in [0, 0.1) is 13.8 Å². The predicted octanol–water partition coefficient (Wildman–Crippen LogP) is 6.56. The van der Waals surface area contributed by atoms with Crippen molar-refractivity contribution in [3.63, 3.8) is 0 Å². The Bertz CT molecular complexity index is 580. The van der Waals surface area contributed by atoms with Crippen LogP contribution in [0.4, 0.5) is 0 Å². The Morgan fingerprint density at radius 1 is 0.760 bits per heavy atom. The standard InChI is InChI=1S/2C7H8O.C6H12P.ClH.Cr/c2*1-6-2-4-7(8)5-3-6;7-6-4-2-1-3-5-6;;/h2*2-5,8H,1H3;6-7H,1-5H2;1H;/q;;-1;;+3/p-2. The first kappa shape index (κ1) is 20.6. The molecule has 0 radical (unpaired) electrons. The molecule has 0 amide bonds. The van der Waals surface area contributed by atoms with Crippen molar-refractivity contribution in [1.82, 2.24) is 0 Å². The summed E-state index contributed by atoms with van der Waals surface area (Å²) in [5.74, 6) is 1.89. The second kappa shape index (κ2) is 10.4. The molecule has 2 aromatic carbocycles. The first-order valence-electron chi connectivity index (χ1n) is 8.69. The molecule has 0 bridgehead atoms. The third-order valence-corrected chi connectivity index (χ3v) is 9.58. The van der Waals surface area contributed by atoms with Gasteiger partial charge in [0.25, 0.3) is 0 Å². The van der Waals surface area contributed by atoms with Crippen LogP contribution < -0.4 is 7.58 Å². The molecule has 5 heteroatoms. The minimum atomic E-state index is -1.61. The number of benzene rings is 2. The fourth-order valence-corrected chi connectivity index (χ4v) is 8.37. The molecule has 0 saturated heterocycles. The van der Waals surface area contributed by atoms with Crippen molar-refractivity contribution < 1.29 is 21.9 Å². The summed E-state index contributed by atoms with van der Waals surface area (Å²) in [5, 5.41) is 0. The molecule has 2 nitrogen and oxygen atoms in total. The molecule has 137 valence electrons. The molecule has 0 spiro atoms. The van der Waals surface area contributed by atoms with Gasteiger partial charge in [-0.05, 0) is 0 Å². The molecule has 0 aromatic heterocycles. The quantitative estimate of drug-likeness (QED) is 0.496. The van der Waals surface area contributed by atoms with E-state index < -0.39 is 14.4 Å². The van der Waals surface area contributed by atoms with Gasteiger partial charge < -0.3 is 0 Å².